The van der Waals surface area contributed by atoms with E-state index in [-0.39, 0.29) is 0 Å². The van der Waals surface area contributed by atoms with Crippen LogP contribution in [0.3, 0.4) is 0 Å². The standard InChI is InChI=1S/C15H19Cl2NO/c16-10-11-5-6-12(17)9-14(11)18-7-8-19-15-4-2-1-3-13(15)18/h5-6,9,13,15H,1-4,7-8,10H2. The zero-order valence-corrected chi connectivity index (χ0v) is 12.5. The van der Waals surface area contributed by atoms with Crippen LogP contribution in [0, 0.1) is 0 Å². The van der Waals surface area contributed by atoms with Crippen LogP contribution in [-0.2, 0) is 10.6 Å². The number of halogens is 2. The summed E-state index contributed by atoms with van der Waals surface area (Å²) in [6.07, 6.45) is 5.34. The van der Waals surface area contributed by atoms with Crippen LogP contribution in [0.2, 0.25) is 5.02 Å². The van der Waals surface area contributed by atoms with Gasteiger partial charge in [-0.2, -0.15) is 0 Å². The minimum atomic E-state index is 0.379. The van der Waals surface area contributed by atoms with Crippen molar-refractivity contribution in [3.05, 3.63) is 28.8 Å². The first-order valence-electron chi connectivity index (χ1n) is 7.02. The summed E-state index contributed by atoms with van der Waals surface area (Å²) >= 11 is 12.2. The van der Waals surface area contributed by atoms with E-state index in [1.165, 1.54) is 31.4 Å². The highest BCUT2D eigenvalue weighted by atomic mass is 35.5. The van der Waals surface area contributed by atoms with Gasteiger partial charge >= 0.3 is 0 Å². The van der Waals surface area contributed by atoms with Crippen molar-refractivity contribution in [3.8, 4) is 0 Å². The number of hydrogen-bond acceptors (Lipinski definition) is 2. The summed E-state index contributed by atoms with van der Waals surface area (Å²) < 4.78 is 5.93. The normalized spacial score (nSPS) is 27.2. The van der Waals surface area contributed by atoms with Crippen molar-refractivity contribution >= 4 is 28.9 Å². The van der Waals surface area contributed by atoms with E-state index in [4.69, 9.17) is 27.9 Å². The second-order valence-electron chi connectivity index (χ2n) is 5.36. The summed E-state index contributed by atoms with van der Waals surface area (Å²) in [7, 11) is 0. The first-order chi connectivity index (χ1) is 9.29. The predicted molar refractivity (Wildman–Crippen MR) is 80.4 cm³/mol. The van der Waals surface area contributed by atoms with Crippen molar-refractivity contribution in [2.75, 3.05) is 18.1 Å². The Morgan fingerprint density at radius 1 is 1.26 bits per heavy atom. The number of nitrogens with zero attached hydrogens (tertiary/aromatic N) is 1. The van der Waals surface area contributed by atoms with Crippen molar-refractivity contribution in [3.63, 3.8) is 0 Å². The molecular formula is C15H19Cl2NO. The average Bonchev–Trinajstić information content (AvgIpc) is 2.46. The zero-order chi connectivity index (χ0) is 13.2. The van der Waals surface area contributed by atoms with Gasteiger partial charge in [-0.05, 0) is 30.5 Å². The third kappa shape index (κ3) is 2.72. The Morgan fingerprint density at radius 2 is 2.11 bits per heavy atom. The summed E-state index contributed by atoms with van der Waals surface area (Å²) in [6.45, 7) is 1.74. The number of benzene rings is 1. The maximum absolute atomic E-state index is 6.17. The highest BCUT2D eigenvalue weighted by Crippen LogP contribution is 2.35. The van der Waals surface area contributed by atoms with Crippen LogP contribution >= 0.6 is 23.2 Å². The molecule has 0 spiro atoms. The molecule has 1 saturated heterocycles. The molecular weight excluding hydrogens is 281 g/mol. The molecule has 104 valence electrons. The predicted octanol–water partition coefficient (Wildman–Crippen LogP) is 4.23. The second-order valence-corrected chi connectivity index (χ2v) is 6.06. The Balaban J connectivity index is 1.93. The highest BCUT2D eigenvalue weighted by Gasteiger charge is 2.34. The quantitative estimate of drug-likeness (QED) is 0.758. The summed E-state index contributed by atoms with van der Waals surface area (Å²) in [5.41, 5.74) is 2.36. The topological polar surface area (TPSA) is 12.5 Å². The molecule has 0 amide bonds. The number of anilines is 1. The van der Waals surface area contributed by atoms with Gasteiger partial charge in [0.25, 0.3) is 0 Å². The van der Waals surface area contributed by atoms with Gasteiger partial charge in [0.1, 0.15) is 0 Å². The minimum Gasteiger partial charge on any atom is -0.374 e. The van der Waals surface area contributed by atoms with E-state index in [1.54, 1.807) is 0 Å². The fourth-order valence-corrected chi connectivity index (χ4v) is 3.71. The maximum Gasteiger partial charge on any atom is 0.0779 e. The van der Waals surface area contributed by atoms with Gasteiger partial charge in [-0.1, -0.05) is 30.5 Å². The number of rotatable bonds is 2. The van der Waals surface area contributed by atoms with Gasteiger partial charge in [0.2, 0.25) is 0 Å². The van der Waals surface area contributed by atoms with Crippen molar-refractivity contribution in [2.24, 2.45) is 0 Å². The number of fused-ring (bicyclic) bond motifs is 1. The summed E-state index contributed by atoms with van der Waals surface area (Å²) in [6, 6.07) is 6.50. The molecule has 1 aliphatic carbocycles. The maximum atomic E-state index is 6.17. The average molecular weight is 300 g/mol. The monoisotopic (exact) mass is 299 g/mol. The Hall–Kier alpha value is -0.440. The summed E-state index contributed by atoms with van der Waals surface area (Å²) in [5.74, 6) is 0.529. The lowest BCUT2D eigenvalue weighted by Gasteiger charge is -2.45. The lowest BCUT2D eigenvalue weighted by molar-refractivity contribution is -0.00872. The summed E-state index contributed by atoms with van der Waals surface area (Å²) in [4.78, 5) is 2.47. The molecule has 2 unspecified atom stereocenters. The van der Waals surface area contributed by atoms with Crippen molar-refractivity contribution in [1.29, 1.82) is 0 Å². The van der Waals surface area contributed by atoms with Crippen LogP contribution in [0.1, 0.15) is 31.2 Å². The zero-order valence-electron chi connectivity index (χ0n) is 10.9. The molecule has 1 aromatic rings. The third-order valence-electron chi connectivity index (χ3n) is 4.23. The van der Waals surface area contributed by atoms with E-state index in [1.807, 2.05) is 12.1 Å². The molecule has 19 heavy (non-hydrogen) atoms. The second kappa shape index (κ2) is 5.90. The van der Waals surface area contributed by atoms with Gasteiger partial charge in [0.05, 0.1) is 18.8 Å². The first kappa shape index (κ1) is 13.5. The van der Waals surface area contributed by atoms with Crippen LogP contribution < -0.4 is 4.90 Å². The highest BCUT2D eigenvalue weighted by molar-refractivity contribution is 6.31. The van der Waals surface area contributed by atoms with Gasteiger partial charge < -0.3 is 9.64 Å². The Morgan fingerprint density at radius 3 is 2.95 bits per heavy atom. The molecule has 2 atom stereocenters. The molecule has 0 radical (unpaired) electrons. The summed E-state index contributed by atoms with van der Waals surface area (Å²) in [5, 5.41) is 0.780. The lowest BCUT2D eigenvalue weighted by atomic mass is 9.89. The fourth-order valence-electron chi connectivity index (χ4n) is 3.31. The number of ether oxygens (including phenoxy) is 1. The number of alkyl halides is 1. The van der Waals surface area contributed by atoms with Crippen LogP contribution in [0.25, 0.3) is 0 Å². The molecule has 2 fully saturated rings. The molecule has 2 nitrogen and oxygen atoms in total. The van der Waals surface area contributed by atoms with Crippen molar-refractivity contribution in [1.82, 2.24) is 0 Å². The molecule has 0 N–H and O–H groups in total. The Labute approximate surface area is 124 Å². The molecule has 1 heterocycles. The first-order valence-corrected chi connectivity index (χ1v) is 7.93. The van der Waals surface area contributed by atoms with E-state index in [0.717, 1.165) is 23.7 Å². The van der Waals surface area contributed by atoms with Gasteiger partial charge in [-0.3, -0.25) is 0 Å². The van der Waals surface area contributed by atoms with Gasteiger partial charge in [-0.25, -0.2) is 0 Å². The van der Waals surface area contributed by atoms with Crippen LogP contribution in [0.15, 0.2) is 18.2 Å². The molecule has 2 aliphatic rings. The van der Waals surface area contributed by atoms with Gasteiger partial charge in [0.15, 0.2) is 0 Å². The largest absolute Gasteiger partial charge is 0.374 e. The lowest BCUT2D eigenvalue weighted by Crippen LogP contribution is -2.53. The SMILES string of the molecule is ClCc1ccc(Cl)cc1N1CCOC2CCCCC21. The number of morpholine rings is 1. The molecule has 1 saturated carbocycles. The molecule has 3 rings (SSSR count). The third-order valence-corrected chi connectivity index (χ3v) is 4.76. The van der Waals surface area contributed by atoms with Gasteiger partial charge in [0, 0.05) is 23.1 Å². The van der Waals surface area contributed by atoms with Crippen LogP contribution in [0.5, 0.6) is 0 Å². The fraction of sp³-hybridized carbons (Fsp3) is 0.600. The molecule has 0 aromatic heterocycles. The van der Waals surface area contributed by atoms with E-state index in [2.05, 4.69) is 11.0 Å². The van der Waals surface area contributed by atoms with Gasteiger partial charge in [-0.15, -0.1) is 11.6 Å². The Kier molecular flexibility index (Phi) is 4.21. The van der Waals surface area contributed by atoms with Crippen molar-refractivity contribution in [2.45, 2.75) is 43.7 Å². The van der Waals surface area contributed by atoms with E-state index < -0.39 is 0 Å². The minimum absolute atomic E-state index is 0.379. The van der Waals surface area contributed by atoms with E-state index in [0.29, 0.717) is 18.0 Å². The van der Waals surface area contributed by atoms with Crippen molar-refractivity contribution < 1.29 is 4.74 Å². The van der Waals surface area contributed by atoms with Crippen LogP contribution in [-0.4, -0.2) is 25.3 Å². The number of hydrogen-bond donors (Lipinski definition) is 0. The van der Waals surface area contributed by atoms with E-state index >= 15 is 0 Å². The molecule has 4 heteroatoms. The smallest absolute Gasteiger partial charge is 0.0779 e. The molecule has 0 bridgehead atoms. The van der Waals surface area contributed by atoms with Crippen LogP contribution in [0.4, 0.5) is 5.69 Å². The molecule has 1 aromatic carbocycles. The molecule has 1 aliphatic heterocycles. The Bertz CT molecular complexity index is 450. The van der Waals surface area contributed by atoms with E-state index in [9.17, 15) is 0 Å².